The molecule has 55 heavy (non-hydrogen) atoms. The van der Waals surface area contributed by atoms with Gasteiger partial charge in [0.25, 0.3) is 0 Å². The van der Waals surface area contributed by atoms with E-state index in [1.165, 1.54) is 52.8 Å². The Bertz CT molecular complexity index is 1580. The van der Waals surface area contributed by atoms with Crippen molar-refractivity contribution >= 4 is 57.8 Å². The Kier molecular flexibility index (Phi) is 21.7. The molecule has 2 aliphatic carbocycles. The summed E-state index contributed by atoms with van der Waals surface area (Å²) in [5, 5.41) is 0. The molecule has 2 fully saturated rings. The van der Waals surface area contributed by atoms with E-state index in [2.05, 4.69) is 0 Å². The molecule has 2 aromatic carbocycles. The van der Waals surface area contributed by atoms with Gasteiger partial charge in [0.05, 0.1) is 0 Å². The van der Waals surface area contributed by atoms with Crippen LogP contribution in [0.15, 0.2) is 42.5 Å². The predicted molar refractivity (Wildman–Crippen MR) is 213 cm³/mol. The lowest BCUT2D eigenvalue weighted by Gasteiger charge is -2.31. The molecule has 0 radical (unpaired) electrons. The van der Waals surface area contributed by atoms with Crippen LogP contribution in [0.1, 0.15) is 173 Å². The van der Waals surface area contributed by atoms with Gasteiger partial charge in [-0.2, -0.15) is 0 Å². The normalized spacial score (nSPS) is 19.7. The van der Waals surface area contributed by atoms with E-state index >= 15 is 0 Å². The van der Waals surface area contributed by atoms with E-state index in [-0.39, 0.29) is 94.8 Å². The highest BCUT2D eigenvalue weighted by Gasteiger charge is 2.35. The molecule has 2 aliphatic rings. The van der Waals surface area contributed by atoms with Crippen LogP contribution in [0, 0.1) is 29.6 Å². The number of carbonyl (C=O) groups excluding carboxylic acids is 10. The molecular weight excluding hydrogens is 700 g/mol. The second-order valence-electron chi connectivity index (χ2n) is 14.6. The number of carbonyl (C=O) groups is 10. The van der Waals surface area contributed by atoms with Crippen LogP contribution in [-0.2, 0) is 24.0 Å². The molecular formula is C45H60O10. The molecule has 0 aromatic heterocycles. The highest BCUT2D eigenvalue weighted by Crippen LogP contribution is 2.35. The molecule has 300 valence electrons. The second-order valence-corrected chi connectivity index (χ2v) is 14.6. The standard InChI is InChI=1S/C12H18O3.C12H12O3.C10H16O2.C10H10O2.CH4/c2*1-7(13)10-4-11(8(2)14)6-12(5-10)9(3)15;2*1-7(11)9-4-3-5-10(6-9)8(2)12;/h10-12H,4-6H2,1-3H3;4-6H,1-3H3;9-10H,3-6H2,1-2H3;3-6H,1-2H3;1H4. The quantitative estimate of drug-likeness (QED) is 0.213. The van der Waals surface area contributed by atoms with Gasteiger partial charge in [-0.15, -0.1) is 0 Å². The summed E-state index contributed by atoms with van der Waals surface area (Å²) in [7, 11) is 0. The third kappa shape index (κ3) is 17.4. The highest BCUT2D eigenvalue weighted by atomic mass is 16.2. The Labute approximate surface area is 326 Å². The zero-order chi connectivity index (χ0) is 41.4. The fourth-order valence-corrected chi connectivity index (χ4v) is 6.44. The lowest BCUT2D eigenvalue weighted by atomic mass is 9.71. The monoisotopic (exact) mass is 760 g/mol. The van der Waals surface area contributed by atoms with Crippen molar-refractivity contribution in [2.24, 2.45) is 29.6 Å². The number of hydrogen-bond donors (Lipinski definition) is 0. The summed E-state index contributed by atoms with van der Waals surface area (Å²) >= 11 is 0. The van der Waals surface area contributed by atoms with Crippen molar-refractivity contribution in [3.05, 3.63) is 70.3 Å². The summed E-state index contributed by atoms with van der Waals surface area (Å²) in [5.41, 5.74) is 2.36. The fraction of sp³-hybridized carbons (Fsp3) is 0.511. The molecule has 2 unspecified atom stereocenters. The first-order valence-corrected chi connectivity index (χ1v) is 18.4. The van der Waals surface area contributed by atoms with Gasteiger partial charge in [-0.05, 0) is 132 Å². The lowest BCUT2D eigenvalue weighted by Crippen LogP contribution is -2.33. The fourth-order valence-electron chi connectivity index (χ4n) is 6.44. The molecule has 10 heteroatoms. The molecule has 2 saturated carbocycles. The van der Waals surface area contributed by atoms with Gasteiger partial charge in [0.2, 0.25) is 0 Å². The van der Waals surface area contributed by atoms with Crippen LogP contribution in [-0.4, -0.2) is 57.8 Å². The Morgan fingerprint density at radius 3 is 0.800 bits per heavy atom. The molecule has 10 nitrogen and oxygen atoms in total. The van der Waals surface area contributed by atoms with E-state index < -0.39 is 0 Å². The zero-order valence-corrected chi connectivity index (χ0v) is 33.5. The molecule has 2 aromatic rings. The van der Waals surface area contributed by atoms with Crippen LogP contribution in [0.3, 0.4) is 0 Å². The Hall–Kier alpha value is -4.86. The van der Waals surface area contributed by atoms with Crippen LogP contribution >= 0.6 is 0 Å². The molecule has 4 rings (SSSR count). The van der Waals surface area contributed by atoms with Crippen molar-refractivity contribution in [1.29, 1.82) is 0 Å². The Morgan fingerprint density at radius 1 is 0.364 bits per heavy atom. The molecule has 0 N–H and O–H groups in total. The Morgan fingerprint density at radius 2 is 0.582 bits per heavy atom. The summed E-state index contributed by atoms with van der Waals surface area (Å²) in [6.07, 6.45) is 5.70. The minimum absolute atomic E-state index is 0. The van der Waals surface area contributed by atoms with Gasteiger partial charge in [0.15, 0.2) is 28.9 Å². The average Bonchev–Trinajstić information content (AvgIpc) is 3.11. The first-order valence-electron chi connectivity index (χ1n) is 18.4. The van der Waals surface area contributed by atoms with Crippen molar-refractivity contribution in [3.63, 3.8) is 0 Å². The minimum atomic E-state index is -0.152. The summed E-state index contributed by atoms with van der Waals surface area (Å²) in [6, 6.07) is 11.3. The third-order valence-corrected chi connectivity index (χ3v) is 10.1. The van der Waals surface area contributed by atoms with Gasteiger partial charge in [0, 0.05) is 57.4 Å². The number of rotatable bonds is 10. The summed E-state index contributed by atoms with van der Waals surface area (Å²) < 4.78 is 0. The van der Waals surface area contributed by atoms with Crippen molar-refractivity contribution in [3.8, 4) is 0 Å². The van der Waals surface area contributed by atoms with Gasteiger partial charge in [-0.3, -0.25) is 47.9 Å². The number of ketones is 10. The summed E-state index contributed by atoms with van der Waals surface area (Å²) in [6.45, 7) is 15.1. The first-order chi connectivity index (χ1) is 25.0. The maximum atomic E-state index is 11.3. The average molecular weight is 761 g/mol. The van der Waals surface area contributed by atoms with Gasteiger partial charge < -0.3 is 0 Å². The van der Waals surface area contributed by atoms with Crippen LogP contribution in [0.5, 0.6) is 0 Å². The summed E-state index contributed by atoms with van der Waals surface area (Å²) in [4.78, 5) is 111. The van der Waals surface area contributed by atoms with E-state index in [1.54, 1.807) is 58.9 Å². The minimum Gasteiger partial charge on any atom is -0.300 e. The predicted octanol–water partition coefficient (Wildman–Crippen LogP) is 8.78. The van der Waals surface area contributed by atoms with Crippen LogP contribution in [0.25, 0.3) is 0 Å². The molecule has 0 amide bonds. The number of benzene rings is 2. The van der Waals surface area contributed by atoms with Gasteiger partial charge >= 0.3 is 0 Å². The van der Waals surface area contributed by atoms with Gasteiger partial charge in [-0.1, -0.05) is 32.0 Å². The lowest BCUT2D eigenvalue weighted by molar-refractivity contribution is -0.130. The highest BCUT2D eigenvalue weighted by molar-refractivity contribution is 6.04. The summed E-state index contributed by atoms with van der Waals surface area (Å²) in [5.74, 6) is 0.358. The molecule has 0 spiro atoms. The number of hydrogen-bond acceptors (Lipinski definition) is 10. The van der Waals surface area contributed by atoms with Gasteiger partial charge in [-0.25, -0.2) is 0 Å². The zero-order valence-electron chi connectivity index (χ0n) is 33.5. The molecule has 0 bridgehead atoms. The molecule has 0 heterocycles. The van der Waals surface area contributed by atoms with Crippen molar-refractivity contribution in [2.75, 3.05) is 0 Å². The van der Waals surface area contributed by atoms with Crippen LogP contribution in [0.4, 0.5) is 0 Å². The van der Waals surface area contributed by atoms with Gasteiger partial charge in [0.1, 0.15) is 28.9 Å². The van der Waals surface area contributed by atoms with Crippen LogP contribution < -0.4 is 0 Å². The Balaban J connectivity index is 0.000000706. The third-order valence-electron chi connectivity index (χ3n) is 10.1. The van der Waals surface area contributed by atoms with E-state index in [0.717, 1.165) is 25.7 Å². The number of Topliss-reactive ketones (excluding diaryl/α,β-unsaturated/α-hetero) is 10. The largest absolute Gasteiger partial charge is 0.300 e. The van der Waals surface area contributed by atoms with Crippen molar-refractivity contribution in [1.82, 2.24) is 0 Å². The smallest absolute Gasteiger partial charge is 0.159 e. The maximum absolute atomic E-state index is 11.3. The van der Waals surface area contributed by atoms with Crippen LogP contribution in [0.2, 0.25) is 0 Å². The molecule has 0 saturated heterocycles. The van der Waals surface area contributed by atoms with Crippen molar-refractivity contribution < 1.29 is 47.9 Å². The SMILES string of the molecule is C.CC(=O)C1CC(C(C)=O)CC(C(C)=O)C1.CC(=O)C1CCCC(C(C)=O)C1.CC(=O)c1cc(C(C)=O)cc(C(C)=O)c1.CC(=O)c1cccc(C(C)=O)c1. The van der Waals surface area contributed by atoms with E-state index in [0.29, 0.717) is 47.1 Å². The second kappa shape index (κ2) is 23.8. The van der Waals surface area contributed by atoms with E-state index in [4.69, 9.17) is 0 Å². The first kappa shape index (κ1) is 50.1. The molecule has 0 aliphatic heterocycles. The molecule has 2 atom stereocenters. The van der Waals surface area contributed by atoms with E-state index in [9.17, 15) is 47.9 Å². The van der Waals surface area contributed by atoms with E-state index in [1.807, 2.05) is 0 Å². The van der Waals surface area contributed by atoms with Crippen molar-refractivity contribution in [2.45, 2.75) is 122 Å². The topological polar surface area (TPSA) is 171 Å². The maximum Gasteiger partial charge on any atom is 0.159 e.